The normalized spacial score (nSPS) is 20.9. The zero-order valence-electron chi connectivity index (χ0n) is 7.20. The molecule has 0 amide bonds. The fourth-order valence-electron chi connectivity index (χ4n) is 1.84. The maximum Gasteiger partial charge on any atom is 0.239 e. The molecule has 0 spiro atoms. The first kappa shape index (κ1) is 10.5. The van der Waals surface area contributed by atoms with E-state index in [1.165, 1.54) is 0 Å². The zero-order chi connectivity index (χ0) is 10.3. The molecule has 2 nitrogen and oxygen atoms in total. The van der Waals surface area contributed by atoms with E-state index in [4.69, 9.17) is 10.7 Å². The molecule has 0 aromatic heterocycles. The standard InChI is InChI=1S/C9H8BrClO2S/c10-7-2-3-8-6(5-7)1-4-9(8)14(11,12)13/h2-3,5,9H,1,4H2. The smallest absolute Gasteiger partial charge is 0.212 e. The molecule has 0 fully saturated rings. The first-order chi connectivity index (χ1) is 6.48. The number of fused-ring (bicyclic) bond motifs is 1. The molecular formula is C9H8BrClO2S. The van der Waals surface area contributed by atoms with Crippen LogP contribution in [0.5, 0.6) is 0 Å². The lowest BCUT2D eigenvalue weighted by Crippen LogP contribution is -2.02. The second kappa shape index (κ2) is 3.51. The molecule has 0 bridgehead atoms. The quantitative estimate of drug-likeness (QED) is 0.746. The summed E-state index contributed by atoms with van der Waals surface area (Å²) in [6.07, 6.45) is 1.38. The van der Waals surface area contributed by atoms with Crippen LogP contribution >= 0.6 is 26.6 Å². The molecule has 1 aromatic rings. The Hall–Kier alpha value is -0.0600. The third kappa shape index (κ3) is 1.83. The molecule has 1 aliphatic rings. The Kier molecular flexibility index (Phi) is 2.62. The predicted octanol–water partition coefficient (Wildman–Crippen LogP) is 3.01. The molecule has 2 rings (SSSR count). The van der Waals surface area contributed by atoms with Crippen molar-refractivity contribution < 1.29 is 8.42 Å². The highest BCUT2D eigenvalue weighted by molar-refractivity contribution is 9.10. The van der Waals surface area contributed by atoms with Gasteiger partial charge in [0.2, 0.25) is 9.05 Å². The van der Waals surface area contributed by atoms with Gasteiger partial charge in [-0.05, 0) is 36.1 Å². The molecule has 1 unspecified atom stereocenters. The number of halogens is 2. The summed E-state index contributed by atoms with van der Waals surface area (Å²) in [7, 11) is 1.90. The molecule has 0 radical (unpaired) electrons. The maximum atomic E-state index is 11.2. The van der Waals surface area contributed by atoms with Gasteiger partial charge in [-0.2, -0.15) is 0 Å². The average molecular weight is 296 g/mol. The Morgan fingerprint density at radius 3 is 2.79 bits per heavy atom. The molecule has 1 atom stereocenters. The lowest BCUT2D eigenvalue weighted by atomic mass is 10.1. The first-order valence-corrected chi connectivity index (χ1v) is 7.37. The van der Waals surface area contributed by atoms with Crippen LogP contribution in [0.2, 0.25) is 0 Å². The lowest BCUT2D eigenvalue weighted by Gasteiger charge is -2.06. The van der Waals surface area contributed by atoms with Gasteiger partial charge < -0.3 is 0 Å². The SMILES string of the molecule is O=S(=O)(Cl)C1CCc2cc(Br)ccc21. The summed E-state index contributed by atoms with van der Waals surface area (Å²) in [4.78, 5) is 0. The Morgan fingerprint density at radius 1 is 1.43 bits per heavy atom. The molecule has 0 heterocycles. The van der Waals surface area contributed by atoms with E-state index in [0.29, 0.717) is 6.42 Å². The first-order valence-electron chi connectivity index (χ1n) is 4.20. The van der Waals surface area contributed by atoms with E-state index in [2.05, 4.69) is 15.9 Å². The Labute approximate surface area is 95.8 Å². The molecule has 0 N–H and O–H groups in total. The van der Waals surface area contributed by atoms with E-state index in [9.17, 15) is 8.42 Å². The fraction of sp³-hybridized carbons (Fsp3) is 0.333. The largest absolute Gasteiger partial charge is 0.239 e. The highest BCUT2D eigenvalue weighted by atomic mass is 79.9. The molecule has 0 aliphatic heterocycles. The minimum Gasteiger partial charge on any atom is -0.212 e. The number of rotatable bonds is 1. The summed E-state index contributed by atoms with van der Waals surface area (Å²) in [6, 6.07) is 5.63. The van der Waals surface area contributed by atoms with Gasteiger partial charge in [-0.1, -0.05) is 22.0 Å². The number of hydrogen-bond donors (Lipinski definition) is 0. The van der Waals surface area contributed by atoms with Crippen LogP contribution in [0.25, 0.3) is 0 Å². The molecule has 14 heavy (non-hydrogen) atoms. The van der Waals surface area contributed by atoms with E-state index < -0.39 is 14.3 Å². The molecule has 1 aliphatic carbocycles. The van der Waals surface area contributed by atoms with Crippen LogP contribution in [0.3, 0.4) is 0 Å². The highest BCUT2D eigenvalue weighted by Crippen LogP contribution is 2.39. The van der Waals surface area contributed by atoms with Crippen molar-refractivity contribution in [3.63, 3.8) is 0 Å². The molecule has 76 valence electrons. The minimum absolute atomic E-state index is 0.521. The van der Waals surface area contributed by atoms with Crippen LogP contribution in [0.15, 0.2) is 22.7 Å². The van der Waals surface area contributed by atoms with Crippen molar-refractivity contribution >= 4 is 35.7 Å². The second-order valence-corrected chi connectivity index (χ2v) is 7.07. The van der Waals surface area contributed by atoms with Crippen molar-refractivity contribution in [3.8, 4) is 0 Å². The van der Waals surface area contributed by atoms with Crippen molar-refractivity contribution in [2.75, 3.05) is 0 Å². The van der Waals surface area contributed by atoms with Gasteiger partial charge in [0, 0.05) is 15.2 Å². The van der Waals surface area contributed by atoms with E-state index in [-0.39, 0.29) is 0 Å². The van der Waals surface area contributed by atoms with Crippen molar-refractivity contribution in [1.29, 1.82) is 0 Å². The summed E-state index contributed by atoms with van der Waals surface area (Å²) < 4.78 is 23.4. The Bertz CT molecular complexity index is 470. The molecule has 0 saturated heterocycles. The molecule has 1 aromatic carbocycles. The average Bonchev–Trinajstić information content (AvgIpc) is 2.45. The van der Waals surface area contributed by atoms with E-state index in [1.54, 1.807) is 0 Å². The zero-order valence-corrected chi connectivity index (χ0v) is 10.4. The Morgan fingerprint density at radius 2 is 2.14 bits per heavy atom. The van der Waals surface area contributed by atoms with Crippen molar-refractivity contribution in [1.82, 2.24) is 0 Å². The summed E-state index contributed by atoms with van der Waals surface area (Å²) in [5.74, 6) is 0. The Balaban J connectivity index is 2.51. The summed E-state index contributed by atoms with van der Waals surface area (Å²) >= 11 is 3.35. The van der Waals surface area contributed by atoms with Crippen LogP contribution in [-0.2, 0) is 15.5 Å². The number of hydrogen-bond acceptors (Lipinski definition) is 2. The molecule has 5 heteroatoms. The van der Waals surface area contributed by atoms with Gasteiger partial charge in [0.15, 0.2) is 0 Å². The minimum atomic E-state index is -3.47. The van der Waals surface area contributed by atoms with Crippen LogP contribution in [-0.4, -0.2) is 8.42 Å². The van der Waals surface area contributed by atoms with Gasteiger partial charge in [0.05, 0.1) is 0 Å². The van der Waals surface area contributed by atoms with E-state index in [1.807, 2.05) is 18.2 Å². The number of aryl methyl sites for hydroxylation is 1. The predicted molar refractivity (Wildman–Crippen MR) is 60.0 cm³/mol. The van der Waals surface area contributed by atoms with Gasteiger partial charge in [-0.25, -0.2) is 8.42 Å². The lowest BCUT2D eigenvalue weighted by molar-refractivity contribution is 0.595. The summed E-state index contributed by atoms with van der Waals surface area (Å²) in [5, 5.41) is -0.521. The van der Waals surface area contributed by atoms with Crippen LogP contribution in [0.1, 0.15) is 22.8 Å². The third-order valence-corrected chi connectivity index (χ3v) is 4.78. The van der Waals surface area contributed by atoms with Gasteiger partial charge >= 0.3 is 0 Å². The van der Waals surface area contributed by atoms with Gasteiger partial charge in [-0.3, -0.25) is 0 Å². The van der Waals surface area contributed by atoms with E-state index in [0.717, 1.165) is 22.0 Å². The van der Waals surface area contributed by atoms with Gasteiger partial charge in [0.1, 0.15) is 5.25 Å². The van der Waals surface area contributed by atoms with Gasteiger partial charge in [-0.15, -0.1) is 0 Å². The third-order valence-electron chi connectivity index (χ3n) is 2.47. The summed E-state index contributed by atoms with van der Waals surface area (Å²) in [5.41, 5.74) is 1.93. The van der Waals surface area contributed by atoms with E-state index >= 15 is 0 Å². The van der Waals surface area contributed by atoms with Crippen molar-refractivity contribution in [2.24, 2.45) is 0 Å². The second-order valence-electron chi connectivity index (χ2n) is 3.35. The van der Waals surface area contributed by atoms with Crippen LogP contribution < -0.4 is 0 Å². The van der Waals surface area contributed by atoms with Crippen molar-refractivity contribution in [2.45, 2.75) is 18.1 Å². The number of benzene rings is 1. The fourth-order valence-corrected chi connectivity index (χ4v) is 3.74. The monoisotopic (exact) mass is 294 g/mol. The molecular weight excluding hydrogens is 288 g/mol. The molecule has 0 saturated carbocycles. The highest BCUT2D eigenvalue weighted by Gasteiger charge is 2.31. The van der Waals surface area contributed by atoms with Crippen LogP contribution in [0.4, 0.5) is 0 Å². The van der Waals surface area contributed by atoms with Gasteiger partial charge in [0.25, 0.3) is 0 Å². The topological polar surface area (TPSA) is 34.1 Å². The maximum absolute atomic E-state index is 11.2. The van der Waals surface area contributed by atoms with Crippen molar-refractivity contribution in [3.05, 3.63) is 33.8 Å². The van der Waals surface area contributed by atoms with Crippen LogP contribution in [0, 0.1) is 0 Å². The summed E-state index contributed by atoms with van der Waals surface area (Å²) in [6.45, 7) is 0.